The smallest absolute Gasteiger partial charge is 0.243 e. The van der Waals surface area contributed by atoms with Crippen molar-refractivity contribution in [2.75, 3.05) is 39.3 Å². The second kappa shape index (κ2) is 10.4. The molecule has 1 atom stereocenters. The fourth-order valence-electron chi connectivity index (χ4n) is 4.11. The van der Waals surface area contributed by atoms with Crippen molar-refractivity contribution < 1.29 is 8.42 Å². The Morgan fingerprint density at radius 2 is 1.79 bits per heavy atom. The number of likely N-dealkylation sites (N-methyl/N-ethyl adjacent to an activating group) is 1. The van der Waals surface area contributed by atoms with Crippen molar-refractivity contribution in [3.05, 3.63) is 29.8 Å². The van der Waals surface area contributed by atoms with Crippen molar-refractivity contribution in [2.24, 2.45) is 4.99 Å². The van der Waals surface area contributed by atoms with E-state index in [9.17, 15) is 8.42 Å². The summed E-state index contributed by atoms with van der Waals surface area (Å²) in [6, 6.07) is 7.71. The van der Waals surface area contributed by atoms with Crippen LogP contribution in [0.1, 0.15) is 45.1 Å². The predicted octanol–water partition coefficient (Wildman–Crippen LogP) is 2.01. The maximum absolute atomic E-state index is 12.6. The summed E-state index contributed by atoms with van der Waals surface area (Å²) in [4.78, 5) is 7.56. The highest BCUT2D eigenvalue weighted by Crippen LogP contribution is 2.21. The van der Waals surface area contributed by atoms with E-state index in [4.69, 9.17) is 0 Å². The van der Waals surface area contributed by atoms with Gasteiger partial charge >= 0.3 is 0 Å². The van der Waals surface area contributed by atoms with Crippen molar-refractivity contribution in [2.45, 2.75) is 57.0 Å². The van der Waals surface area contributed by atoms with Gasteiger partial charge in [0.15, 0.2) is 5.96 Å². The lowest BCUT2D eigenvalue weighted by Gasteiger charge is -2.24. The Morgan fingerprint density at radius 3 is 2.45 bits per heavy atom. The lowest BCUT2D eigenvalue weighted by molar-refractivity contribution is 0.267. The second-order valence-corrected chi connectivity index (χ2v) is 9.69. The number of benzene rings is 1. The molecule has 1 aromatic rings. The minimum absolute atomic E-state index is 0.373. The summed E-state index contributed by atoms with van der Waals surface area (Å²) in [5, 5.41) is 6.76. The number of sulfonamides is 1. The Kier molecular flexibility index (Phi) is 7.91. The van der Waals surface area contributed by atoms with Gasteiger partial charge in [-0.05, 0) is 63.4 Å². The molecule has 2 fully saturated rings. The largest absolute Gasteiger partial charge is 0.357 e. The molecule has 0 aromatic heterocycles. The summed E-state index contributed by atoms with van der Waals surface area (Å²) >= 11 is 0. The Hall–Kier alpha value is -1.64. The van der Waals surface area contributed by atoms with Gasteiger partial charge in [-0.1, -0.05) is 19.1 Å². The van der Waals surface area contributed by atoms with E-state index in [-0.39, 0.29) is 0 Å². The van der Waals surface area contributed by atoms with Crippen LogP contribution in [0.15, 0.2) is 34.2 Å². The van der Waals surface area contributed by atoms with Crippen LogP contribution in [0.2, 0.25) is 0 Å². The standard InChI is InChI=1S/C21H35N5O2S/c1-3-22-21(24-17-19-8-7-13-25(19)4-2)23-16-18-9-11-20(12-10-18)29(27,28)26-14-5-6-15-26/h9-12,19H,3-8,13-17H2,1-2H3,(H2,22,23,24). The van der Waals surface area contributed by atoms with Crippen LogP contribution < -0.4 is 10.6 Å². The number of guanidine groups is 1. The zero-order valence-electron chi connectivity index (χ0n) is 17.7. The van der Waals surface area contributed by atoms with E-state index in [1.165, 1.54) is 19.4 Å². The molecule has 0 bridgehead atoms. The van der Waals surface area contributed by atoms with E-state index in [0.29, 0.717) is 30.6 Å². The van der Waals surface area contributed by atoms with Gasteiger partial charge in [0.05, 0.1) is 11.4 Å². The highest BCUT2D eigenvalue weighted by Gasteiger charge is 2.27. The molecule has 2 aliphatic rings. The van der Waals surface area contributed by atoms with Crippen LogP contribution in [-0.4, -0.2) is 68.9 Å². The van der Waals surface area contributed by atoms with Crippen LogP contribution in [0.25, 0.3) is 0 Å². The lowest BCUT2D eigenvalue weighted by atomic mass is 10.2. The van der Waals surface area contributed by atoms with Crippen LogP contribution in [0.3, 0.4) is 0 Å². The van der Waals surface area contributed by atoms with Gasteiger partial charge in [0.2, 0.25) is 10.0 Å². The van der Waals surface area contributed by atoms with Crippen LogP contribution in [0, 0.1) is 0 Å². The van der Waals surface area contributed by atoms with Crippen LogP contribution in [0.4, 0.5) is 0 Å². The lowest BCUT2D eigenvalue weighted by Crippen LogP contribution is -2.44. The third kappa shape index (κ3) is 5.71. The molecule has 0 aliphatic carbocycles. The molecule has 0 radical (unpaired) electrons. The SMILES string of the molecule is CCNC(=NCc1ccc(S(=O)(=O)N2CCCC2)cc1)NCC1CCCN1CC. The number of hydrogen-bond donors (Lipinski definition) is 2. The van der Waals surface area contributed by atoms with E-state index in [1.807, 2.05) is 12.1 Å². The van der Waals surface area contributed by atoms with Crippen molar-refractivity contribution in [1.82, 2.24) is 19.8 Å². The van der Waals surface area contributed by atoms with Gasteiger partial charge in [0, 0.05) is 32.2 Å². The second-order valence-electron chi connectivity index (χ2n) is 7.76. The first-order valence-corrected chi connectivity index (χ1v) is 12.3. The number of nitrogens with one attached hydrogen (secondary N) is 2. The first-order valence-electron chi connectivity index (χ1n) is 10.9. The molecular formula is C21H35N5O2S. The molecule has 0 amide bonds. The van der Waals surface area contributed by atoms with E-state index < -0.39 is 10.0 Å². The average molecular weight is 422 g/mol. The normalized spacial score (nSPS) is 21.6. The summed E-state index contributed by atoms with van der Waals surface area (Å²) in [6.07, 6.45) is 4.39. The molecule has 8 heteroatoms. The number of aliphatic imine (C=N–C) groups is 1. The molecule has 2 N–H and O–H groups in total. The fraction of sp³-hybridized carbons (Fsp3) is 0.667. The monoisotopic (exact) mass is 421 g/mol. The topological polar surface area (TPSA) is 77.0 Å². The maximum Gasteiger partial charge on any atom is 0.243 e. The third-order valence-electron chi connectivity index (χ3n) is 5.80. The van der Waals surface area contributed by atoms with Gasteiger partial charge in [0.1, 0.15) is 0 Å². The zero-order chi connectivity index (χ0) is 20.7. The summed E-state index contributed by atoms with van der Waals surface area (Å²) in [5.41, 5.74) is 0.999. The number of rotatable bonds is 8. The Balaban J connectivity index is 1.58. The van der Waals surface area contributed by atoms with Gasteiger partial charge in [-0.2, -0.15) is 4.31 Å². The molecule has 1 unspecified atom stereocenters. The number of nitrogens with zero attached hydrogens (tertiary/aromatic N) is 3. The molecule has 0 saturated carbocycles. The Bertz CT molecular complexity index is 773. The zero-order valence-corrected chi connectivity index (χ0v) is 18.5. The molecular weight excluding hydrogens is 386 g/mol. The van der Waals surface area contributed by atoms with Crippen molar-refractivity contribution in [3.8, 4) is 0 Å². The van der Waals surface area contributed by atoms with Gasteiger partial charge in [-0.15, -0.1) is 0 Å². The van der Waals surface area contributed by atoms with Gasteiger partial charge in [0.25, 0.3) is 0 Å². The van der Waals surface area contributed by atoms with Gasteiger partial charge in [-0.25, -0.2) is 13.4 Å². The Labute approximate surface area is 175 Å². The van der Waals surface area contributed by atoms with Crippen LogP contribution in [-0.2, 0) is 16.6 Å². The highest BCUT2D eigenvalue weighted by molar-refractivity contribution is 7.89. The molecule has 2 heterocycles. The predicted molar refractivity (Wildman–Crippen MR) is 118 cm³/mol. The average Bonchev–Trinajstić information content (AvgIpc) is 3.42. The van der Waals surface area contributed by atoms with Crippen LogP contribution >= 0.6 is 0 Å². The molecule has 29 heavy (non-hydrogen) atoms. The third-order valence-corrected chi connectivity index (χ3v) is 7.71. The molecule has 0 spiro atoms. The van der Waals surface area contributed by atoms with Crippen molar-refractivity contribution >= 4 is 16.0 Å². The van der Waals surface area contributed by atoms with E-state index >= 15 is 0 Å². The van der Waals surface area contributed by atoms with Crippen molar-refractivity contribution in [1.29, 1.82) is 0 Å². The first-order chi connectivity index (χ1) is 14.0. The number of hydrogen-bond acceptors (Lipinski definition) is 4. The Morgan fingerprint density at radius 1 is 1.07 bits per heavy atom. The minimum atomic E-state index is -3.35. The highest BCUT2D eigenvalue weighted by atomic mass is 32.2. The van der Waals surface area contributed by atoms with Crippen LogP contribution in [0.5, 0.6) is 0 Å². The van der Waals surface area contributed by atoms with Crippen molar-refractivity contribution in [3.63, 3.8) is 0 Å². The first kappa shape index (κ1) is 22.1. The molecule has 1 aromatic carbocycles. The summed E-state index contributed by atoms with van der Waals surface area (Å²) in [7, 11) is -3.35. The summed E-state index contributed by atoms with van der Waals surface area (Å²) in [5.74, 6) is 0.809. The van der Waals surface area contributed by atoms with Gasteiger partial charge < -0.3 is 10.6 Å². The minimum Gasteiger partial charge on any atom is -0.357 e. The molecule has 2 aliphatic heterocycles. The molecule has 3 rings (SSSR count). The van der Waals surface area contributed by atoms with E-state index in [0.717, 1.165) is 44.0 Å². The van der Waals surface area contributed by atoms with E-state index in [1.54, 1.807) is 16.4 Å². The number of likely N-dealkylation sites (tertiary alicyclic amines) is 1. The molecule has 7 nitrogen and oxygen atoms in total. The maximum atomic E-state index is 12.6. The fourth-order valence-corrected chi connectivity index (χ4v) is 5.63. The van der Waals surface area contributed by atoms with Gasteiger partial charge in [-0.3, -0.25) is 4.90 Å². The summed E-state index contributed by atoms with van der Waals surface area (Å²) in [6.45, 7) is 10.0. The van der Waals surface area contributed by atoms with E-state index in [2.05, 4.69) is 34.4 Å². The quantitative estimate of drug-likeness (QED) is 0.496. The molecule has 162 valence electrons. The molecule has 2 saturated heterocycles. The summed E-state index contributed by atoms with van der Waals surface area (Å²) < 4.78 is 26.8.